The molecule has 41 heavy (non-hydrogen) atoms. The maximum atomic E-state index is 11.6. The van der Waals surface area contributed by atoms with Gasteiger partial charge in [0.2, 0.25) is 0 Å². The van der Waals surface area contributed by atoms with Crippen LogP contribution in [-0.4, -0.2) is 37.1 Å². The smallest absolute Gasteiger partial charge is 0.347 e. The van der Waals surface area contributed by atoms with Crippen LogP contribution in [0.2, 0.25) is 5.02 Å². The molecule has 8 heteroatoms. The predicted molar refractivity (Wildman–Crippen MR) is 172 cm³/mol. The first-order chi connectivity index (χ1) is 19.4. The maximum Gasteiger partial charge on any atom is 0.347 e. The summed E-state index contributed by atoms with van der Waals surface area (Å²) in [5.41, 5.74) is 3.48. The number of hydrogen-bond acceptors (Lipinski definition) is 6. The zero-order valence-electron chi connectivity index (χ0n) is 24.6. The molecule has 0 aromatic heterocycles. The van der Waals surface area contributed by atoms with Crippen molar-refractivity contribution >= 4 is 51.1 Å². The molecule has 6 nitrogen and oxygen atoms in total. The highest BCUT2D eigenvalue weighted by atomic mass is 35.5. The fraction of sp³-hybridized carbons (Fsp3) is 0.273. The van der Waals surface area contributed by atoms with E-state index in [2.05, 4.69) is 19.2 Å². The Hall–Kier alpha value is -3.68. The third-order valence-electron chi connectivity index (χ3n) is 6.15. The molecule has 3 aromatic carbocycles. The molecule has 0 aliphatic carbocycles. The average Bonchev–Trinajstić information content (AvgIpc) is 2.98. The number of aliphatic carboxylic acids is 1. The quantitative estimate of drug-likeness (QED) is 0.169. The Morgan fingerprint density at radius 2 is 1.44 bits per heavy atom. The molecule has 3 rings (SSSR count). The van der Waals surface area contributed by atoms with Gasteiger partial charge in [-0.3, -0.25) is 4.79 Å². The van der Waals surface area contributed by atoms with Crippen LogP contribution in [0, 0.1) is 0 Å². The number of carbonyl (C=O) groups excluding carboxylic acids is 1. The number of methoxy groups -OCH3 is 1. The SMILES string of the molecule is CCC(C)=C(S/C(=C(\C)C=O)c1ccc(Cl)cc1)c1ccc(OC(C)(C)C(=O)O)cc1.CNc1ccc(OC)cc1. The van der Waals surface area contributed by atoms with Crippen LogP contribution in [0.1, 0.15) is 52.2 Å². The monoisotopic (exact) mass is 595 g/mol. The van der Waals surface area contributed by atoms with Crippen LogP contribution in [0.3, 0.4) is 0 Å². The van der Waals surface area contributed by atoms with E-state index in [0.29, 0.717) is 16.3 Å². The molecular weight excluding hydrogens is 558 g/mol. The Balaban J connectivity index is 0.000000493. The minimum absolute atomic E-state index is 0.479. The summed E-state index contributed by atoms with van der Waals surface area (Å²) < 4.78 is 10.6. The molecule has 0 amide bonds. The van der Waals surface area contributed by atoms with E-state index in [0.717, 1.165) is 45.1 Å². The number of halogens is 1. The minimum atomic E-state index is -1.32. The maximum absolute atomic E-state index is 11.6. The number of thioether (sulfide) groups is 1. The molecule has 0 heterocycles. The number of carbonyl (C=O) groups is 2. The first kappa shape index (κ1) is 33.5. The molecule has 0 unspecified atom stereocenters. The summed E-state index contributed by atoms with van der Waals surface area (Å²) in [4.78, 5) is 24.8. The number of ether oxygens (including phenoxy) is 2. The lowest BCUT2D eigenvalue weighted by Gasteiger charge is -2.22. The number of hydrogen-bond donors (Lipinski definition) is 2. The standard InChI is InChI=1S/C25H27ClO4S.C8H11NO/c1-6-16(2)22(19-9-13-21(14-10-19)30-25(4,5)24(28)29)31-23(17(3)15-27)18-7-11-20(26)12-8-18;1-9-7-3-5-8(10-2)6-4-7/h7-15H,6H2,1-5H3,(H,28,29);3-6,9H,1-2H3/b22-16?,23-17+;. The van der Waals surface area contributed by atoms with E-state index in [1.165, 1.54) is 19.4 Å². The lowest BCUT2D eigenvalue weighted by atomic mass is 10.1. The van der Waals surface area contributed by atoms with Crippen molar-refractivity contribution in [1.82, 2.24) is 0 Å². The van der Waals surface area contributed by atoms with Gasteiger partial charge >= 0.3 is 5.97 Å². The van der Waals surface area contributed by atoms with Crippen molar-refractivity contribution in [2.45, 2.75) is 46.6 Å². The number of allylic oxidation sites excluding steroid dienone is 2. The number of aldehydes is 1. The molecule has 0 radical (unpaired) electrons. The fourth-order valence-electron chi connectivity index (χ4n) is 3.45. The van der Waals surface area contributed by atoms with Crippen molar-refractivity contribution in [2.24, 2.45) is 0 Å². The van der Waals surface area contributed by atoms with Gasteiger partial charge in [0.1, 0.15) is 17.8 Å². The zero-order chi connectivity index (χ0) is 30.6. The number of anilines is 1. The van der Waals surface area contributed by atoms with Crippen LogP contribution in [0.5, 0.6) is 11.5 Å². The van der Waals surface area contributed by atoms with E-state index in [9.17, 15) is 14.7 Å². The van der Waals surface area contributed by atoms with Gasteiger partial charge in [-0.05, 0) is 93.8 Å². The Bertz CT molecular complexity index is 1340. The Kier molecular flexibility index (Phi) is 13.0. The van der Waals surface area contributed by atoms with Crippen molar-refractivity contribution in [3.8, 4) is 11.5 Å². The van der Waals surface area contributed by atoms with E-state index in [1.807, 2.05) is 67.7 Å². The highest BCUT2D eigenvalue weighted by Crippen LogP contribution is 2.43. The lowest BCUT2D eigenvalue weighted by molar-refractivity contribution is -0.152. The summed E-state index contributed by atoms with van der Waals surface area (Å²) in [7, 11) is 3.55. The minimum Gasteiger partial charge on any atom is -0.497 e. The fourth-order valence-corrected chi connectivity index (χ4v) is 4.81. The first-order valence-electron chi connectivity index (χ1n) is 13.1. The van der Waals surface area contributed by atoms with Gasteiger partial charge in [-0.25, -0.2) is 4.79 Å². The van der Waals surface area contributed by atoms with Gasteiger partial charge in [0.15, 0.2) is 5.60 Å². The molecule has 0 spiro atoms. The Morgan fingerprint density at radius 3 is 1.90 bits per heavy atom. The normalized spacial score (nSPS) is 12.2. The second kappa shape index (κ2) is 15.9. The van der Waals surface area contributed by atoms with Gasteiger partial charge in [-0.15, -0.1) is 0 Å². The predicted octanol–water partition coefficient (Wildman–Crippen LogP) is 8.82. The molecule has 0 fully saturated rings. The van der Waals surface area contributed by atoms with Gasteiger partial charge < -0.3 is 19.9 Å². The second-order valence-electron chi connectivity index (χ2n) is 9.62. The summed E-state index contributed by atoms with van der Waals surface area (Å²) in [6.45, 7) is 8.97. The van der Waals surface area contributed by atoms with Crippen LogP contribution in [0.4, 0.5) is 5.69 Å². The molecule has 0 aliphatic heterocycles. The van der Waals surface area contributed by atoms with E-state index < -0.39 is 11.6 Å². The Labute approximate surface area is 252 Å². The summed E-state index contributed by atoms with van der Waals surface area (Å²) >= 11 is 7.58. The number of rotatable bonds is 11. The van der Waals surface area contributed by atoms with Crippen LogP contribution in [0.25, 0.3) is 9.81 Å². The summed E-state index contributed by atoms with van der Waals surface area (Å²) in [5, 5.41) is 12.9. The molecule has 2 N–H and O–H groups in total. The largest absolute Gasteiger partial charge is 0.497 e. The summed E-state index contributed by atoms with van der Waals surface area (Å²) in [6.07, 6.45) is 1.71. The van der Waals surface area contributed by atoms with E-state index >= 15 is 0 Å². The van der Waals surface area contributed by atoms with Crippen LogP contribution < -0.4 is 14.8 Å². The molecule has 0 atom stereocenters. The van der Waals surface area contributed by atoms with Crippen molar-refractivity contribution in [3.63, 3.8) is 0 Å². The molecule has 218 valence electrons. The third-order valence-corrected chi connectivity index (χ3v) is 7.95. The lowest BCUT2D eigenvalue weighted by Crippen LogP contribution is -2.37. The third kappa shape index (κ3) is 10.0. The Morgan fingerprint density at radius 1 is 0.927 bits per heavy atom. The molecule has 0 saturated heterocycles. The summed E-state index contributed by atoms with van der Waals surface area (Å²) in [5.74, 6) is 0.336. The van der Waals surface area contributed by atoms with E-state index in [4.69, 9.17) is 21.1 Å². The number of nitrogens with one attached hydrogen (secondary N) is 1. The van der Waals surface area contributed by atoms with Gasteiger partial charge in [-0.2, -0.15) is 0 Å². The van der Waals surface area contributed by atoms with E-state index in [1.54, 1.807) is 37.9 Å². The van der Waals surface area contributed by atoms with Gasteiger partial charge in [-0.1, -0.05) is 60.1 Å². The van der Waals surface area contributed by atoms with Crippen LogP contribution in [-0.2, 0) is 9.59 Å². The van der Waals surface area contributed by atoms with Crippen LogP contribution in [0.15, 0.2) is 83.9 Å². The van der Waals surface area contributed by atoms with Crippen molar-refractivity contribution < 1.29 is 24.2 Å². The van der Waals surface area contributed by atoms with Crippen molar-refractivity contribution in [1.29, 1.82) is 0 Å². The van der Waals surface area contributed by atoms with Crippen LogP contribution >= 0.6 is 23.4 Å². The van der Waals surface area contributed by atoms with Gasteiger partial charge in [0.25, 0.3) is 0 Å². The molecule has 0 aliphatic rings. The van der Waals surface area contributed by atoms with Crippen molar-refractivity contribution in [2.75, 3.05) is 19.5 Å². The molecular formula is C33H38ClNO5S. The highest BCUT2D eigenvalue weighted by molar-refractivity contribution is 8.16. The first-order valence-corrected chi connectivity index (χ1v) is 14.3. The topological polar surface area (TPSA) is 84.9 Å². The number of benzene rings is 3. The number of carboxylic acid groups (broad SMARTS) is 1. The molecule has 0 saturated carbocycles. The molecule has 3 aromatic rings. The second-order valence-corrected chi connectivity index (χ2v) is 11.1. The number of carboxylic acids is 1. The molecule has 0 bridgehead atoms. The highest BCUT2D eigenvalue weighted by Gasteiger charge is 2.29. The van der Waals surface area contributed by atoms with Gasteiger partial charge in [0, 0.05) is 33.1 Å². The van der Waals surface area contributed by atoms with Crippen molar-refractivity contribution in [3.05, 3.63) is 100 Å². The average molecular weight is 596 g/mol. The van der Waals surface area contributed by atoms with E-state index in [-0.39, 0.29) is 0 Å². The van der Waals surface area contributed by atoms with Gasteiger partial charge in [0.05, 0.1) is 7.11 Å². The summed E-state index contributed by atoms with van der Waals surface area (Å²) in [6, 6.07) is 22.6. The zero-order valence-corrected chi connectivity index (χ0v) is 26.2.